The minimum absolute atomic E-state index is 0.128. The topological polar surface area (TPSA) is 52.6 Å². The Morgan fingerprint density at radius 3 is 2.16 bits per heavy atom. The first-order valence-corrected chi connectivity index (χ1v) is 6.36. The lowest BCUT2D eigenvalue weighted by Crippen LogP contribution is -2.21. The lowest BCUT2D eigenvalue weighted by atomic mass is 9.88. The van der Waals surface area contributed by atoms with Gasteiger partial charge in [-0.05, 0) is 30.5 Å². The Bertz CT molecular complexity index is 434. The maximum Gasteiger partial charge on any atom is 0.337 e. The van der Waals surface area contributed by atoms with Crippen molar-refractivity contribution < 1.29 is 19.1 Å². The summed E-state index contributed by atoms with van der Waals surface area (Å²) in [4.78, 5) is 23.3. The fourth-order valence-corrected chi connectivity index (χ4v) is 1.97. The third-order valence-electron chi connectivity index (χ3n) is 2.90. The van der Waals surface area contributed by atoms with E-state index in [4.69, 9.17) is 4.74 Å². The molecule has 0 spiro atoms. The molecular formula is C15H20O4. The molecule has 1 rings (SSSR count). The van der Waals surface area contributed by atoms with Crippen LogP contribution in [0.2, 0.25) is 0 Å². The molecular weight excluding hydrogens is 244 g/mol. The van der Waals surface area contributed by atoms with E-state index in [1.165, 1.54) is 7.11 Å². The number of carbonyl (C=O) groups excluding carboxylic acids is 2. The summed E-state index contributed by atoms with van der Waals surface area (Å²) in [6.45, 7) is 6.09. The SMILES string of the molecule is CCOC(=O)C(c1ccc(C(=O)OC)cc1)C(C)C. The van der Waals surface area contributed by atoms with Crippen LogP contribution in [0.15, 0.2) is 24.3 Å². The number of benzene rings is 1. The smallest absolute Gasteiger partial charge is 0.337 e. The Kier molecular flexibility index (Phi) is 5.55. The first-order chi connectivity index (χ1) is 9.01. The van der Waals surface area contributed by atoms with Crippen molar-refractivity contribution in [1.29, 1.82) is 0 Å². The van der Waals surface area contributed by atoms with Gasteiger partial charge in [-0.1, -0.05) is 26.0 Å². The molecule has 0 bridgehead atoms. The monoisotopic (exact) mass is 264 g/mol. The van der Waals surface area contributed by atoms with Crippen LogP contribution in [-0.2, 0) is 14.3 Å². The van der Waals surface area contributed by atoms with Crippen LogP contribution in [0, 0.1) is 5.92 Å². The van der Waals surface area contributed by atoms with Crippen molar-refractivity contribution in [2.75, 3.05) is 13.7 Å². The molecule has 0 fully saturated rings. The molecule has 1 atom stereocenters. The second-order valence-corrected chi connectivity index (χ2v) is 4.59. The van der Waals surface area contributed by atoms with Gasteiger partial charge in [-0.15, -0.1) is 0 Å². The van der Waals surface area contributed by atoms with Gasteiger partial charge in [0.05, 0.1) is 25.2 Å². The zero-order valence-corrected chi connectivity index (χ0v) is 11.8. The average Bonchev–Trinajstić information content (AvgIpc) is 2.38. The summed E-state index contributed by atoms with van der Waals surface area (Å²) < 4.78 is 9.73. The van der Waals surface area contributed by atoms with Gasteiger partial charge in [0.15, 0.2) is 0 Å². The molecule has 0 saturated heterocycles. The van der Waals surface area contributed by atoms with Gasteiger partial charge < -0.3 is 9.47 Å². The molecule has 0 radical (unpaired) electrons. The zero-order chi connectivity index (χ0) is 14.4. The van der Waals surface area contributed by atoms with Crippen molar-refractivity contribution in [1.82, 2.24) is 0 Å². The van der Waals surface area contributed by atoms with E-state index in [-0.39, 0.29) is 23.8 Å². The van der Waals surface area contributed by atoms with Crippen LogP contribution in [-0.4, -0.2) is 25.7 Å². The van der Waals surface area contributed by atoms with Crippen LogP contribution < -0.4 is 0 Å². The van der Waals surface area contributed by atoms with E-state index in [9.17, 15) is 9.59 Å². The normalized spacial score (nSPS) is 12.1. The van der Waals surface area contributed by atoms with Crippen molar-refractivity contribution >= 4 is 11.9 Å². The van der Waals surface area contributed by atoms with E-state index in [1.54, 1.807) is 31.2 Å². The lowest BCUT2D eigenvalue weighted by Gasteiger charge is -2.19. The fraction of sp³-hybridized carbons (Fsp3) is 0.467. The van der Waals surface area contributed by atoms with Gasteiger partial charge in [0.1, 0.15) is 0 Å². The van der Waals surface area contributed by atoms with E-state index >= 15 is 0 Å². The molecule has 4 nitrogen and oxygen atoms in total. The molecule has 0 aliphatic carbocycles. The van der Waals surface area contributed by atoms with Gasteiger partial charge in [-0.25, -0.2) is 4.79 Å². The highest BCUT2D eigenvalue weighted by Crippen LogP contribution is 2.26. The maximum atomic E-state index is 11.9. The molecule has 1 unspecified atom stereocenters. The van der Waals surface area contributed by atoms with E-state index in [2.05, 4.69) is 4.74 Å². The highest BCUT2D eigenvalue weighted by molar-refractivity contribution is 5.89. The van der Waals surface area contributed by atoms with E-state index in [0.717, 1.165) is 5.56 Å². The Morgan fingerprint density at radius 2 is 1.74 bits per heavy atom. The fourth-order valence-electron chi connectivity index (χ4n) is 1.97. The van der Waals surface area contributed by atoms with Crippen molar-refractivity contribution in [2.24, 2.45) is 5.92 Å². The molecule has 1 aromatic carbocycles. The van der Waals surface area contributed by atoms with Crippen LogP contribution in [0.3, 0.4) is 0 Å². The van der Waals surface area contributed by atoms with Crippen molar-refractivity contribution in [2.45, 2.75) is 26.7 Å². The Balaban J connectivity index is 2.98. The van der Waals surface area contributed by atoms with Gasteiger partial charge in [0.25, 0.3) is 0 Å². The molecule has 19 heavy (non-hydrogen) atoms. The number of esters is 2. The van der Waals surface area contributed by atoms with Crippen molar-refractivity contribution in [3.8, 4) is 0 Å². The molecule has 1 aromatic rings. The number of hydrogen-bond acceptors (Lipinski definition) is 4. The molecule has 0 amide bonds. The largest absolute Gasteiger partial charge is 0.466 e. The van der Waals surface area contributed by atoms with Crippen LogP contribution in [0.1, 0.15) is 42.6 Å². The van der Waals surface area contributed by atoms with Crippen LogP contribution in [0.4, 0.5) is 0 Å². The molecule has 0 N–H and O–H groups in total. The van der Waals surface area contributed by atoms with Gasteiger partial charge in [-0.3, -0.25) is 4.79 Å². The van der Waals surface area contributed by atoms with Gasteiger partial charge in [0, 0.05) is 0 Å². The highest BCUT2D eigenvalue weighted by atomic mass is 16.5. The third-order valence-corrected chi connectivity index (χ3v) is 2.90. The highest BCUT2D eigenvalue weighted by Gasteiger charge is 2.25. The second-order valence-electron chi connectivity index (χ2n) is 4.59. The minimum Gasteiger partial charge on any atom is -0.466 e. The van der Waals surface area contributed by atoms with Crippen LogP contribution in [0.5, 0.6) is 0 Å². The predicted octanol–water partition coefficient (Wildman–Crippen LogP) is 2.78. The van der Waals surface area contributed by atoms with Crippen molar-refractivity contribution in [3.05, 3.63) is 35.4 Å². The summed E-state index contributed by atoms with van der Waals surface area (Å²) in [5.41, 5.74) is 1.32. The number of rotatable bonds is 5. The summed E-state index contributed by atoms with van der Waals surface area (Å²) in [7, 11) is 1.34. The summed E-state index contributed by atoms with van der Waals surface area (Å²) in [6.07, 6.45) is 0. The summed E-state index contributed by atoms with van der Waals surface area (Å²) in [6, 6.07) is 6.87. The zero-order valence-electron chi connectivity index (χ0n) is 11.8. The number of ether oxygens (including phenoxy) is 2. The van der Waals surface area contributed by atoms with Gasteiger partial charge in [-0.2, -0.15) is 0 Å². The Morgan fingerprint density at radius 1 is 1.16 bits per heavy atom. The molecule has 0 heterocycles. The summed E-state index contributed by atoms with van der Waals surface area (Å²) in [5, 5.41) is 0. The molecule has 4 heteroatoms. The standard InChI is InChI=1S/C15H20O4/c1-5-19-15(17)13(10(2)3)11-6-8-12(9-7-11)14(16)18-4/h6-10,13H,5H2,1-4H3. The third kappa shape index (κ3) is 3.81. The number of hydrogen-bond donors (Lipinski definition) is 0. The molecule has 0 aromatic heterocycles. The predicted molar refractivity (Wildman–Crippen MR) is 72.0 cm³/mol. The quantitative estimate of drug-likeness (QED) is 0.767. The molecule has 0 aliphatic heterocycles. The van der Waals surface area contributed by atoms with Crippen LogP contribution >= 0.6 is 0 Å². The molecule has 0 aliphatic rings. The Hall–Kier alpha value is -1.84. The Labute approximate surface area is 113 Å². The first-order valence-electron chi connectivity index (χ1n) is 6.36. The lowest BCUT2D eigenvalue weighted by molar-refractivity contribution is -0.146. The van der Waals surface area contributed by atoms with E-state index < -0.39 is 0 Å². The second kappa shape index (κ2) is 6.92. The first kappa shape index (κ1) is 15.2. The number of carbonyl (C=O) groups is 2. The average molecular weight is 264 g/mol. The van der Waals surface area contributed by atoms with E-state index in [1.807, 2.05) is 13.8 Å². The molecule has 0 saturated carbocycles. The number of methoxy groups -OCH3 is 1. The maximum absolute atomic E-state index is 11.9. The van der Waals surface area contributed by atoms with Gasteiger partial charge >= 0.3 is 11.9 Å². The summed E-state index contributed by atoms with van der Waals surface area (Å²) in [5.74, 6) is -0.804. The van der Waals surface area contributed by atoms with Crippen molar-refractivity contribution in [3.63, 3.8) is 0 Å². The van der Waals surface area contributed by atoms with E-state index in [0.29, 0.717) is 12.2 Å². The molecule has 104 valence electrons. The minimum atomic E-state index is -0.385. The van der Waals surface area contributed by atoms with Gasteiger partial charge in [0.2, 0.25) is 0 Å². The van der Waals surface area contributed by atoms with Crippen LogP contribution in [0.25, 0.3) is 0 Å². The summed E-state index contributed by atoms with van der Waals surface area (Å²) >= 11 is 0.